The molecule has 3 aromatic rings. The Morgan fingerprint density at radius 1 is 1.24 bits per heavy atom. The Kier molecular flexibility index (Phi) is 9.35. The van der Waals surface area contributed by atoms with Gasteiger partial charge >= 0.3 is 0 Å². The second-order valence-electron chi connectivity index (χ2n) is 7.42. The summed E-state index contributed by atoms with van der Waals surface area (Å²) in [6.45, 7) is 9.32. The second kappa shape index (κ2) is 12.2. The van der Waals surface area contributed by atoms with Crippen molar-refractivity contribution in [3.8, 4) is 0 Å². The summed E-state index contributed by atoms with van der Waals surface area (Å²) in [5.74, 6) is -0.725. The van der Waals surface area contributed by atoms with Crippen LogP contribution in [-0.4, -0.2) is 26.6 Å². The van der Waals surface area contributed by atoms with Gasteiger partial charge < -0.3 is 16.0 Å². The number of aryl methyl sites for hydroxylation is 2. The first-order chi connectivity index (χ1) is 15.8. The third-order valence-corrected chi connectivity index (χ3v) is 5.22. The van der Waals surface area contributed by atoms with Gasteiger partial charge in [-0.05, 0) is 43.0 Å². The number of aromatic nitrogens is 3. The zero-order chi connectivity index (χ0) is 24.4. The number of carbonyl (C=O) groups is 2. The Morgan fingerprint density at radius 2 is 1.91 bits per heavy atom. The van der Waals surface area contributed by atoms with Crippen LogP contribution in [0.4, 0.5) is 0 Å². The van der Waals surface area contributed by atoms with Gasteiger partial charge in [-0.25, -0.2) is 0 Å². The van der Waals surface area contributed by atoms with Crippen LogP contribution in [0.1, 0.15) is 59.6 Å². The highest BCUT2D eigenvalue weighted by Gasteiger charge is 2.15. The van der Waals surface area contributed by atoms with Crippen LogP contribution in [0.15, 0.2) is 66.2 Å². The predicted molar refractivity (Wildman–Crippen MR) is 129 cm³/mol. The number of pyridine rings is 1. The van der Waals surface area contributed by atoms with E-state index in [0.29, 0.717) is 11.1 Å². The number of nitrogens with zero attached hydrogens (tertiary/aromatic N) is 2. The summed E-state index contributed by atoms with van der Waals surface area (Å²) in [5, 5.41) is 7.18. The zero-order valence-corrected chi connectivity index (χ0v) is 19.3. The van der Waals surface area contributed by atoms with Gasteiger partial charge in [-0.3, -0.25) is 19.1 Å². The molecule has 3 rings (SSSR count). The first kappa shape index (κ1) is 25.3. The van der Waals surface area contributed by atoms with Gasteiger partial charge in [0.15, 0.2) is 0 Å². The van der Waals surface area contributed by atoms with E-state index in [1.807, 2.05) is 57.2 Å². The number of nitrogens with two attached hydrogens (primary N) is 1. The van der Waals surface area contributed by atoms with Gasteiger partial charge in [0.2, 0.25) is 5.91 Å². The van der Waals surface area contributed by atoms with E-state index < -0.39 is 5.91 Å². The second-order valence-corrected chi connectivity index (χ2v) is 7.42. The summed E-state index contributed by atoms with van der Waals surface area (Å²) in [7, 11) is 0. The number of hydrogen-bond acceptors (Lipinski definition) is 4. The van der Waals surface area contributed by atoms with Crippen molar-refractivity contribution in [3.05, 3.63) is 99.7 Å². The van der Waals surface area contributed by atoms with Crippen molar-refractivity contribution in [2.75, 3.05) is 0 Å². The molecule has 8 nitrogen and oxygen atoms in total. The number of hydrogen-bond donors (Lipinski definition) is 3. The Labute approximate surface area is 193 Å². The molecule has 0 aliphatic rings. The van der Waals surface area contributed by atoms with Crippen molar-refractivity contribution in [3.63, 3.8) is 0 Å². The molecule has 8 heteroatoms. The van der Waals surface area contributed by atoms with Crippen LogP contribution in [0.25, 0.3) is 0 Å². The lowest BCUT2D eigenvalue weighted by Gasteiger charge is -2.12. The van der Waals surface area contributed by atoms with Crippen molar-refractivity contribution in [1.82, 2.24) is 20.1 Å². The Morgan fingerprint density at radius 3 is 2.48 bits per heavy atom. The minimum Gasteiger partial charge on any atom is -0.366 e. The summed E-state index contributed by atoms with van der Waals surface area (Å²) in [4.78, 5) is 37.3. The zero-order valence-electron chi connectivity index (χ0n) is 19.3. The fourth-order valence-electron chi connectivity index (χ4n) is 3.22. The lowest BCUT2D eigenvalue weighted by molar-refractivity contribution is -0.113. The van der Waals surface area contributed by atoms with E-state index in [4.69, 9.17) is 0 Å². The minimum atomic E-state index is -0.481. The van der Waals surface area contributed by atoms with E-state index in [-0.39, 0.29) is 24.1 Å². The summed E-state index contributed by atoms with van der Waals surface area (Å²) in [5.41, 5.74) is 8.48. The van der Waals surface area contributed by atoms with Gasteiger partial charge in [-0.1, -0.05) is 50.8 Å². The molecule has 0 spiro atoms. The van der Waals surface area contributed by atoms with Gasteiger partial charge in [0, 0.05) is 24.0 Å². The maximum atomic E-state index is 12.5. The quantitative estimate of drug-likeness (QED) is 0.458. The number of benzene rings is 1. The molecule has 0 aliphatic heterocycles. The van der Waals surface area contributed by atoms with Crippen molar-refractivity contribution in [2.24, 2.45) is 5.73 Å². The Hall–Kier alpha value is -3.94. The molecule has 0 saturated heterocycles. The van der Waals surface area contributed by atoms with E-state index in [0.717, 1.165) is 35.7 Å². The van der Waals surface area contributed by atoms with E-state index in [1.165, 1.54) is 0 Å². The number of aromatic amines is 1. The largest absolute Gasteiger partial charge is 0.366 e. The van der Waals surface area contributed by atoms with Gasteiger partial charge in [0.25, 0.3) is 11.5 Å². The summed E-state index contributed by atoms with van der Waals surface area (Å²) < 4.78 is 1.77. The van der Waals surface area contributed by atoms with Crippen LogP contribution in [0.2, 0.25) is 0 Å². The fourth-order valence-corrected chi connectivity index (χ4v) is 3.22. The molecule has 1 unspecified atom stereocenters. The van der Waals surface area contributed by atoms with Crippen LogP contribution in [0.3, 0.4) is 0 Å². The highest BCUT2D eigenvalue weighted by atomic mass is 16.2. The fraction of sp³-hybridized carbons (Fsp3) is 0.280. The molecule has 2 aromatic heterocycles. The SMILES string of the molecule is C=CC(N)=O.CCc1cc(CC)c(CNC(=O)c2cnn(C(C)c3ccccc3)c2)c(=O)[nH]1. The molecule has 0 bridgehead atoms. The molecule has 0 saturated carbocycles. The molecule has 33 heavy (non-hydrogen) atoms. The highest BCUT2D eigenvalue weighted by molar-refractivity contribution is 5.93. The topological polar surface area (TPSA) is 123 Å². The molecule has 4 N–H and O–H groups in total. The lowest BCUT2D eigenvalue weighted by atomic mass is 10.1. The van der Waals surface area contributed by atoms with E-state index >= 15 is 0 Å². The van der Waals surface area contributed by atoms with Crippen molar-refractivity contribution in [2.45, 2.75) is 46.2 Å². The monoisotopic (exact) mass is 449 g/mol. The maximum Gasteiger partial charge on any atom is 0.254 e. The number of amides is 2. The number of primary amides is 1. The molecule has 0 aliphatic carbocycles. The van der Waals surface area contributed by atoms with Crippen LogP contribution >= 0.6 is 0 Å². The standard InChI is InChI=1S/C22H26N4O2.C3H5NO/c1-4-16-11-19(5-2)25-22(28)20(16)13-23-21(27)18-12-24-26(14-18)15(3)17-9-7-6-8-10-17;1-2-3(4)5/h6-12,14-15H,4-5,13H2,1-3H3,(H,23,27)(H,25,28);2H,1H2,(H2,4,5). The number of rotatable bonds is 8. The van der Waals surface area contributed by atoms with Gasteiger partial charge in [0.05, 0.1) is 17.8 Å². The van der Waals surface area contributed by atoms with Crippen molar-refractivity contribution < 1.29 is 9.59 Å². The average molecular weight is 450 g/mol. The van der Waals surface area contributed by atoms with Crippen LogP contribution in [0, 0.1) is 0 Å². The summed E-state index contributed by atoms with van der Waals surface area (Å²) in [6.07, 6.45) is 5.86. The van der Waals surface area contributed by atoms with E-state index in [9.17, 15) is 14.4 Å². The minimum absolute atomic E-state index is 0.0267. The molecular weight excluding hydrogens is 418 g/mol. The average Bonchev–Trinajstić information content (AvgIpc) is 3.33. The molecule has 2 heterocycles. The van der Waals surface area contributed by atoms with Crippen LogP contribution < -0.4 is 16.6 Å². The molecule has 1 atom stereocenters. The molecule has 0 radical (unpaired) electrons. The predicted octanol–water partition coefficient (Wildman–Crippen LogP) is 2.89. The van der Waals surface area contributed by atoms with E-state index in [2.05, 4.69) is 27.7 Å². The van der Waals surface area contributed by atoms with E-state index in [1.54, 1.807) is 17.1 Å². The Balaban J connectivity index is 0.000000696. The van der Waals surface area contributed by atoms with Gasteiger partial charge in [0.1, 0.15) is 0 Å². The lowest BCUT2D eigenvalue weighted by Crippen LogP contribution is -2.28. The summed E-state index contributed by atoms with van der Waals surface area (Å²) in [6, 6.07) is 12.0. The third-order valence-electron chi connectivity index (χ3n) is 5.22. The summed E-state index contributed by atoms with van der Waals surface area (Å²) >= 11 is 0. The first-order valence-corrected chi connectivity index (χ1v) is 10.8. The normalized spacial score (nSPS) is 11.1. The van der Waals surface area contributed by atoms with Gasteiger partial charge in [-0.2, -0.15) is 5.10 Å². The van der Waals surface area contributed by atoms with Crippen LogP contribution in [0.5, 0.6) is 0 Å². The Bertz CT molecular complexity index is 1150. The first-order valence-electron chi connectivity index (χ1n) is 10.8. The molecule has 174 valence electrons. The maximum absolute atomic E-state index is 12.5. The highest BCUT2D eigenvalue weighted by Crippen LogP contribution is 2.17. The number of H-pyrrole nitrogens is 1. The third kappa shape index (κ3) is 7.03. The van der Waals surface area contributed by atoms with Gasteiger partial charge in [-0.15, -0.1) is 0 Å². The molecule has 1 aromatic carbocycles. The number of nitrogens with one attached hydrogen (secondary N) is 2. The van der Waals surface area contributed by atoms with Crippen molar-refractivity contribution >= 4 is 11.8 Å². The number of carbonyl (C=O) groups excluding carboxylic acids is 2. The molecular formula is C25H31N5O3. The van der Waals surface area contributed by atoms with Crippen LogP contribution in [-0.2, 0) is 24.2 Å². The van der Waals surface area contributed by atoms with Crippen molar-refractivity contribution in [1.29, 1.82) is 0 Å². The molecule has 2 amide bonds. The molecule has 0 fully saturated rings. The smallest absolute Gasteiger partial charge is 0.254 e.